The van der Waals surface area contributed by atoms with Crippen molar-refractivity contribution >= 4 is 0 Å². The van der Waals surface area contributed by atoms with E-state index in [0.717, 1.165) is 19.6 Å². The molecule has 0 aromatic heterocycles. The highest BCUT2D eigenvalue weighted by molar-refractivity contribution is 5.25. The fourth-order valence-electron chi connectivity index (χ4n) is 3.08. The Morgan fingerprint density at radius 2 is 1.10 bits per heavy atom. The van der Waals surface area contributed by atoms with E-state index in [1.165, 1.54) is 17.5 Å². The van der Waals surface area contributed by atoms with Crippen molar-refractivity contribution in [3.63, 3.8) is 0 Å². The largest absolute Gasteiger partial charge is 0.378 e. The van der Waals surface area contributed by atoms with Crippen LogP contribution in [-0.2, 0) is 30.2 Å². The number of rotatable bonds is 4. The van der Waals surface area contributed by atoms with E-state index < -0.39 is 0 Å². The van der Waals surface area contributed by atoms with Gasteiger partial charge in [0.25, 0.3) is 0 Å². The van der Waals surface area contributed by atoms with Crippen LogP contribution in [0.25, 0.3) is 0 Å². The molecule has 1 fully saturated rings. The van der Waals surface area contributed by atoms with Crippen molar-refractivity contribution in [3.05, 3.63) is 35.4 Å². The Bertz CT molecular complexity index is 492. The average Bonchev–Trinajstić information content (AvgIpc) is 2.75. The van der Waals surface area contributed by atoms with Crippen molar-refractivity contribution in [2.75, 3.05) is 79.2 Å². The maximum Gasteiger partial charge on any atom is 0.0701 e. The number of benzene rings is 1. The molecule has 0 N–H and O–H groups in total. The molecule has 0 amide bonds. The number of hydrogen-bond acceptors (Lipinski definition) is 6. The molecule has 1 aliphatic rings. The molecule has 1 atom stereocenters. The summed E-state index contributed by atoms with van der Waals surface area (Å²) >= 11 is 0. The van der Waals surface area contributed by atoms with Gasteiger partial charge in [0.2, 0.25) is 0 Å². The summed E-state index contributed by atoms with van der Waals surface area (Å²) in [6.45, 7) is 13.3. The van der Waals surface area contributed by atoms with Gasteiger partial charge in [-0.05, 0) is 23.5 Å². The van der Waals surface area contributed by atoms with E-state index >= 15 is 0 Å². The summed E-state index contributed by atoms with van der Waals surface area (Å²) < 4.78 is 28.0. The van der Waals surface area contributed by atoms with Crippen LogP contribution < -0.4 is 0 Å². The lowest BCUT2D eigenvalue weighted by atomic mass is 9.97. The van der Waals surface area contributed by atoms with Crippen molar-refractivity contribution in [2.24, 2.45) is 0 Å². The highest BCUT2D eigenvalue weighted by atomic mass is 16.6. The molecule has 0 aliphatic carbocycles. The summed E-state index contributed by atoms with van der Waals surface area (Å²) in [6.07, 6.45) is 1.17. The van der Waals surface area contributed by atoms with Gasteiger partial charge in [0.15, 0.2) is 0 Å². The lowest BCUT2D eigenvalue weighted by molar-refractivity contribution is -0.0189. The molecule has 1 aromatic rings. The molecule has 6 nitrogen and oxygen atoms in total. The lowest BCUT2D eigenvalue weighted by Gasteiger charge is -2.23. The van der Waals surface area contributed by atoms with Gasteiger partial charge in [0.05, 0.1) is 66.1 Å². The molecule has 166 valence electrons. The third-order valence-electron chi connectivity index (χ3n) is 5.16. The first-order valence-corrected chi connectivity index (χ1v) is 11.0. The third kappa shape index (κ3) is 11.1. The molecule has 1 unspecified atom stereocenters. The second-order valence-corrected chi connectivity index (χ2v) is 7.39. The van der Waals surface area contributed by atoms with Crippen LogP contribution in [-0.4, -0.2) is 84.1 Å². The predicted molar refractivity (Wildman–Crippen MR) is 115 cm³/mol. The molecule has 1 aliphatic heterocycles. The van der Waals surface area contributed by atoms with Crippen LogP contribution in [0.5, 0.6) is 0 Å². The Kier molecular flexibility index (Phi) is 13.2. The fraction of sp³-hybridized carbons (Fsp3) is 0.739. The van der Waals surface area contributed by atoms with Gasteiger partial charge in [-0.25, -0.2) is 0 Å². The normalized spacial score (nSPS) is 21.2. The smallest absolute Gasteiger partial charge is 0.0701 e. The van der Waals surface area contributed by atoms with Gasteiger partial charge in [-0.2, -0.15) is 0 Å². The molecule has 1 heterocycles. The van der Waals surface area contributed by atoms with Gasteiger partial charge in [0, 0.05) is 19.6 Å². The zero-order chi connectivity index (χ0) is 20.6. The van der Waals surface area contributed by atoms with Gasteiger partial charge in [-0.15, -0.1) is 0 Å². The molecule has 0 radical (unpaired) electrons. The van der Waals surface area contributed by atoms with E-state index in [-0.39, 0.29) is 0 Å². The predicted octanol–water partition coefficient (Wildman–Crippen LogP) is 3.10. The van der Waals surface area contributed by atoms with Crippen molar-refractivity contribution in [3.8, 4) is 0 Å². The number of ether oxygens (including phenoxy) is 5. The zero-order valence-corrected chi connectivity index (χ0v) is 18.3. The summed E-state index contributed by atoms with van der Waals surface area (Å²) in [5.41, 5.74) is 2.74. The summed E-state index contributed by atoms with van der Waals surface area (Å²) in [4.78, 5) is 2.39. The first-order chi connectivity index (χ1) is 14.3. The summed E-state index contributed by atoms with van der Waals surface area (Å²) in [7, 11) is 0. The van der Waals surface area contributed by atoms with Crippen LogP contribution in [0.3, 0.4) is 0 Å². The van der Waals surface area contributed by atoms with Crippen LogP contribution in [0.15, 0.2) is 24.3 Å². The minimum absolute atomic E-state index is 0.587. The highest BCUT2D eigenvalue weighted by Gasteiger charge is 2.08. The third-order valence-corrected chi connectivity index (χ3v) is 5.16. The summed E-state index contributed by atoms with van der Waals surface area (Å²) in [5, 5.41) is 0. The minimum Gasteiger partial charge on any atom is -0.378 e. The monoisotopic (exact) mass is 409 g/mol. The lowest BCUT2D eigenvalue weighted by Crippen LogP contribution is -2.31. The maximum absolute atomic E-state index is 5.74. The van der Waals surface area contributed by atoms with Crippen molar-refractivity contribution in [1.82, 2.24) is 4.90 Å². The number of nitrogens with zero attached hydrogens (tertiary/aromatic N) is 1. The molecule has 6 heteroatoms. The molecule has 1 aromatic carbocycles. The molecule has 29 heavy (non-hydrogen) atoms. The standard InChI is InChI=1S/C23H39NO5/c1-3-21(2)23-6-4-22(5-7-23)20-24-8-10-25-12-14-27-16-18-29-19-17-28-15-13-26-11-9-24/h4-7,21H,3,8-20H2,1-2H3. The second kappa shape index (κ2) is 15.8. The topological polar surface area (TPSA) is 49.4 Å². The molecule has 1 saturated heterocycles. The SMILES string of the molecule is CCC(C)c1ccc(CN2CCOCCOCCOCCOCCOCC2)cc1. The fourth-order valence-corrected chi connectivity index (χ4v) is 3.08. The van der Waals surface area contributed by atoms with Gasteiger partial charge < -0.3 is 23.7 Å². The van der Waals surface area contributed by atoms with E-state index in [1.807, 2.05) is 0 Å². The van der Waals surface area contributed by atoms with E-state index in [4.69, 9.17) is 23.7 Å². The Labute approximate surface area is 176 Å². The van der Waals surface area contributed by atoms with E-state index in [0.29, 0.717) is 72.0 Å². The summed E-state index contributed by atoms with van der Waals surface area (Å²) in [6, 6.07) is 9.02. The second-order valence-electron chi connectivity index (χ2n) is 7.39. The average molecular weight is 410 g/mol. The van der Waals surface area contributed by atoms with Crippen LogP contribution in [0.4, 0.5) is 0 Å². The van der Waals surface area contributed by atoms with E-state index in [1.54, 1.807) is 0 Å². The van der Waals surface area contributed by atoms with Crippen LogP contribution in [0.1, 0.15) is 37.3 Å². The van der Waals surface area contributed by atoms with Crippen LogP contribution >= 0.6 is 0 Å². The Hall–Kier alpha value is -1.02. The van der Waals surface area contributed by atoms with E-state index in [9.17, 15) is 0 Å². The Morgan fingerprint density at radius 1 is 0.690 bits per heavy atom. The Balaban J connectivity index is 1.81. The van der Waals surface area contributed by atoms with Gasteiger partial charge in [-0.1, -0.05) is 38.1 Å². The molecule has 0 saturated carbocycles. The van der Waals surface area contributed by atoms with E-state index in [2.05, 4.69) is 43.0 Å². The van der Waals surface area contributed by atoms with Gasteiger partial charge in [0.1, 0.15) is 0 Å². The van der Waals surface area contributed by atoms with Gasteiger partial charge in [-0.3, -0.25) is 4.90 Å². The van der Waals surface area contributed by atoms with Crippen LogP contribution in [0, 0.1) is 0 Å². The van der Waals surface area contributed by atoms with Crippen molar-refractivity contribution in [2.45, 2.75) is 32.7 Å². The quantitative estimate of drug-likeness (QED) is 0.762. The van der Waals surface area contributed by atoms with Crippen LogP contribution in [0.2, 0.25) is 0 Å². The molecule has 0 bridgehead atoms. The Morgan fingerprint density at radius 3 is 1.52 bits per heavy atom. The molecular formula is C23H39NO5. The van der Waals surface area contributed by atoms with Gasteiger partial charge >= 0.3 is 0 Å². The molecule has 2 rings (SSSR count). The number of hydrogen-bond donors (Lipinski definition) is 0. The molecule has 0 spiro atoms. The first kappa shape index (κ1) is 24.3. The minimum atomic E-state index is 0.587. The molecular weight excluding hydrogens is 370 g/mol. The summed E-state index contributed by atoms with van der Waals surface area (Å²) in [5.74, 6) is 0.610. The van der Waals surface area contributed by atoms with Crippen molar-refractivity contribution in [1.29, 1.82) is 0 Å². The highest BCUT2D eigenvalue weighted by Crippen LogP contribution is 2.19. The maximum atomic E-state index is 5.74. The first-order valence-electron chi connectivity index (χ1n) is 11.0. The van der Waals surface area contributed by atoms with Crippen molar-refractivity contribution < 1.29 is 23.7 Å². The zero-order valence-electron chi connectivity index (χ0n) is 18.3.